The van der Waals surface area contributed by atoms with Gasteiger partial charge in [-0.2, -0.15) is 0 Å². The van der Waals surface area contributed by atoms with E-state index < -0.39 is 0 Å². The molecule has 5 aromatic rings. The average Bonchev–Trinajstić information content (AvgIpc) is 3.30. The first-order valence-corrected chi connectivity index (χ1v) is 11.4. The molecule has 0 radical (unpaired) electrons. The fourth-order valence-corrected chi connectivity index (χ4v) is 4.16. The molecule has 0 spiro atoms. The van der Waals surface area contributed by atoms with E-state index in [1.807, 2.05) is 66.7 Å². The average molecular weight is 448 g/mol. The quantitative estimate of drug-likeness (QED) is 0.241. The Morgan fingerprint density at radius 2 is 1.21 bits per heavy atom. The molecular formula is C28H21N2O2P. The maximum absolute atomic E-state index is 10.7. The van der Waals surface area contributed by atoms with E-state index in [9.17, 15) is 4.57 Å². The molecule has 160 valence electrons. The number of hydrogen-bond donors (Lipinski definition) is 0. The Morgan fingerprint density at radius 1 is 0.667 bits per heavy atom. The van der Waals surface area contributed by atoms with E-state index in [-0.39, 0.29) is 8.69 Å². The molecule has 1 heterocycles. The molecule has 0 bridgehead atoms. The summed E-state index contributed by atoms with van der Waals surface area (Å²) in [6.45, 7) is 0.293. The number of aromatic nitrogens is 2. The molecule has 4 aromatic carbocycles. The Labute approximate surface area is 194 Å². The minimum Gasteiger partial charge on any atom is -0.292 e. The fraction of sp³-hybridized carbons (Fsp3) is 0.0357. The summed E-state index contributed by atoms with van der Waals surface area (Å²) in [5, 5.41) is 0. The normalized spacial score (nSPS) is 11.0. The number of hydrogen-bond acceptors (Lipinski definition) is 3. The van der Waals surface area contributed by atoms with Crippen molar-refractivity contribution in [3.63, 3.8) is 0 Å². The molecule has 0 atom stereocenters. The van der Waals surface area contributed by atoms with Crippen LogP contribution in [0.15, 0.2) is 115 Å². The van der Waals surface area contributed by atoms with Crippen LogP contribution in [0.2, 0.25) is 0 Å². The third kappa shape index (κ3) is 4.40. The van der Waals surface area contributed by atoms with E-state index >= 15 is 0 Å². The zero-order chi connectivity index (χ0) is 22.5. The number of nitrogens with zero attached hydrogens (tertiary/aromatic N) is 2. The van der Waals surface area contributed by atoms with Crippen molar-refractivity contribution in [2.75, 3.05) is 0 Å². The Kier molecular flexibility index (Phi) is 6.21. The van der Waals surface area contributed by atoms with E-state index in [1.54, 1.807) is 0 Å². The van der Waals surface area contributed by atoms with Crippen molar-refractivity contribution in [2.45, 2.75) is 6.61 Å². The molecule has 5 rings (SSSR count). The third-order valence-electron chi connectivity index (χ3n) is 5.48. The van der Waals surface area contributed by atoms with E-state index in [0.29, 0.717) is 6.61 Å². The molecule has 0 saturated heterocycles. The van der Waals surface area contributed by atoms with Crippen molar-refractivity contribution in [1.82, 2.24) is 9.55 Å². The van der Waals surface area contributed by atoms with Crippen molar-refractivity contribution >= 4 is 8.69 Å². The molecular weight excluding hydrogens is 427 g/mol. The lowest BCUT2D eigenvalue weighted by Gasteiger charge is -2.14. The molecule has 1 aromatic heterocycles. The summed E-state index contributed by atoms with van der Waals surface area (Å²) in [7, 11) is -0.317. The molecule has 0 aliphatic carbocycles. The van der Waals surface area contributed by atoms with Crippen LogP contribution in [0, 0.1) is 0 Å². The predicted octanol–water partition coefficient (Wildman–Crippen LogP) is 7.60. The summed E-state index contributed by atoms with van der Waals surface area (Å²) < 4.78 is 17.9. The van der Waals surface area contributed by atoms with Crippen LogP contribution in [0.3, 0.4) is 0 Å². The van der Waals surface area contributed by atoms with Gasteiger partial charge >= 0.3 is 8.69 Å². The smallest absolute Gasteiger partial charge is 0.292 e. The van der Waals surface area contributed by atoms with Crippen LogP contribution in [0.25, 0.3) is 39.6 Å². The second kappa shape index (κ2) is 9.74. The lowest BCUT2D eigenvalue weighted by atomic mass is 10.0. The fourth-order valence-electron chi connectivity index (χ4n) is 3.95. The van der Waals surface area contributed by atoms with Gasteiger partial charge in [0.1, 0.15) is 5.82 Å². The van der Waals surface area contributed by atoms with E-state index in [4.69, 9.17) is 9.51 Å². The minimum absolute atomic E-state index is 0.293. The summed E-state index contributed by atoms with van der Waals surface area (Å²) in [5.41, 5.74) is 7.09. The molecule has 0 saturated carbocycles. The van der Waals surface area contributed by atoms with Gasteiger partial charge in [-0.25, -0.2) is 9.55 Å². The maximum Gasteiger partial charge on any atom is 0.327 e. The van der Waals surface area contributed by atoms with Crippen LogP contribution in [0.5, 0.6) is 0 Å². The molecule has 33 heavy (non-hydrogen) atoms. The standard InChI is InChI=1S/C28H21N2O2P/c31-33-32-20-21-16-18-25(19-17-21)30-27(23-12-6-2-7-13-23)26(22-10-4-1-5-11-22)29-28(30)24-14-8-3-9-15-24/h1-19H,20H2. The van der Waals surface area contributed by atoms with Crippen molar-refractivity contribution in [2.24, 2.45) is 0 Å². The highest BCUT2D eigenvalue weighted by Crippen LogP contribution is 2.38. The van der Waals surface area contributed by atoms with Crippen molar-refractivity contribution < 1.29 is 9.09 Å². The Balaban J connectivity index is 1.78. The molecule has 0 unspecified atom stereocenters. The molecule has 5 heteroatoms. The molecule has 0 amide bonds. The topological polar surface area (TPSA) is 44.1 Å². The summed E-state index contributed by atoms with van der Waals surface area (Å²) in [6.07, 6.45) is 0. The zero-order valence-corrected chi connectivity index (χ0v) is 18.7. The number of benzene rings is 4. The van der Waals surface area contributed by atoms with Crippen LogP contribution in [0.1, 0.15) is 5.56 Å². The Bertz CT molecular complexity index is 1350. The lowest BCUT2D eigenvalue weighted by Crippen LogP contribution is -2.00. The van der Waals surface area contributed by atoms with Crippen molar-refractivity contribution in [3.8, 4) is 39.6 Å². The molecule has 4 nitrogen and oxygen atoms in total. The second-order valence-corrected chi connectivity index (χ2v) is 7.99. The first-order chi connectivity index (χ1) is 16.3. The van der Waals surface area contributed by atoms with Gasteiger partial charge < -0.3 is 0 Å². The Hall–Kier alpha value is -3.85. The molecule has 0 aliphatic heterocycles. The van der Waals surface area contributed by atoms with Crippen LogP contribution in [-0.2, 0) is 15.7 Å². The van der Waals surface area contributed by atoms with Crippen LogP contribution >= 0.6 is 8.69 Å². The predicted molar refractivity (Wildman–Crippen MR) is 132 cm³/mol. The van der Waals surface area contributed by atoms with Gasteiger partial charge in [0.15, 0.2) is 0 Å². The first kappa shape index (κ1) is 21.0. The number of rotatable bonds is 7. The molecule has 0 N–H and O–H groups in total. The highest BCUT2D eigenvalue weighted by molar-refractivity contribution is 7.17. The third-order valence-corrected chi connectivity index (χ3v) is 5.72. The van der Waals surface area contributed by atoms with Crippen LogP contribution in [-0.4, -0.2) is 9.55 Å². The summed E-state index contributed by atoms with van der Waals surface area (Å²) in [6, 6.07) is 38.9. The van der Waals surface area contributed by atoms with Crippen molar-refractivity contribution in [1.29, 1.82) is 0 Å². The summed E-state index contributed by atoms with van der Waals surface area (Å²) >= 11 is 0. The lowest BCUT2D eigenvalue weighted by molar-refractivity contribution is 0.332. The monoisotopic (exact) mass is 448 g/mol. The van der Waals surface area contributed by atoms with Gasteiger partial charge in [-0.1, -0.05) is 103 Å². The SMILES string of the molecule is O=POCc1ccc(-n2c(-c3ccccc3)nc(-c3ccccc3)c2-c2ccccc2)cc1. The van der Waals surface area contributed by atoms with Gasteiger partial charge in [0.2, 0.25) is 0 Å². The number of imidazole rings is 1. The molecule has 0 aliphatic rings. The van der Waals surface area contributed by atoms with Gasteiger partial charge in [0.25, 0.3) is 0 Å². The minimum atomic E-state index is -0.317. The second-order valence-electron chi connectivity index (χ2n) is 7.58. The van der Waals surface area contributed by atoms with E-state index in [1.165, 1.54) is 0 Å². The van der Waals surface area contributed by atoms with Crippen LogP contribution < -0.4 is 0 Å². The summed E-state index contributed by atoms with van der Waals surface area (Å²) in [5.74, 6) is 0.871. The highest BCUT2D eigenvalue weighted by Gasteiger charge is 2.22. The Morgan fingerprint density at radius 3 is 1.79 bits per heavy atom. The van der Waals surface area contributed by atoms with Crippen LogP contribution in [0.4, 0.5) is 0 Å². The first-order valence-electron chi connectivity index (χ1n) is 10.7. The summed E-state index contributed by atoms with van der Waals surface area (Å²) in [4.78, 5) is 5.17. The van der Waals surface area contributed by atoms with Crippen molar-refractivity contribution in [3.05, 3.63) is 121 Å². The van der Waals surface area contributed by atoms with Gasteiger partial charge in [0.05, 0.1) is 18.0 Å². The van der Waals surface area contributed by atoms with E-state index in [0.717, 1.165) is 45.2 Å². The van der Waals surface area contributed by atoms with Gasteiger partial charge in [-0.05, 0) is 17.7 Å². The highest BCUT2D eigenvalue weighted by atomic mass is 31.1. The molecule has 0 fully saturated rings. The largest absolute Gasteiger partial charge is 0.327 e. The maximum atomic E-state index is 10.7. The van der Waals surface area contributed by atoms with Gasteiger partial charge in [0, 0.05) is 22.4 Å². The van der Waals surface area contributed by atoms with Gasteiger partial charge in [-0.15, -0.1) is 0 Å². The zero-order valence-electron chi connectivity index (χ0n) is 17.8. The van der Waals surface area contributed by atoms with Gasteiger partial charge in [-0.3, -0.25) is 9.09 Å². The van der Waals surface area contributed by atoms with E-state index in [2.05, 4.69) is 53.1 Å².